The molecule has 1 aliphatic heterocycles. The maximum absolute atomic E-state index is 3.40. The van der Waals surface area contributed by atoms with Crippen LogP contribution in [0.1, 0.15) is 6.42 Å². The fourth-order valence-electron chi connectivity index (χ4n) is 0.801. The lowest BCUT2D eigenvalue weighted by molar-refractivity contribution is 0.705. The predicted octanol–water partition coefficient (Wildman–Crippen LogP) is 1.30. The molecule has 0 spiro atoms. The molecule has 0 radical (unpaired) electrons. The van der Waals surface area contributed by atoms with Crippen molar-refractivity contribution in [1.82, 2.24) is 5.32 Å². The summed E-state index contributed by atoms with van der Waals surface area (Å²) in [4.78, 5) is 0. The molecule has 0 bridgehead atoms. The van der Waals surface area contributed by atoms with E-state index < -0.39 is 0 Å². The molecule has 0 aromatic carbocycles. The van der Waals surface area contributed by atoms with Gasteiger partial charge in [0.15, 0.2) is 0 Å². The first-order valence-corrected chi connectivity index (χ1v) is 4.00. The lowest BCUT2D eigenvalue weighted by Gasteiger charge is -2.10. The standard InChI is InChI=1S/C6H10BrN/c7-4-6-2-1-3-8-5-6/h2,8H,1,3-5H2. The van der Waals surface area contributed by atoms with Crippen LogP contribution in [-0.2, 0) is 0 Å². The zero-order valence-corrected chi connectivity index (χ0v) is 6.37. The fraction of sp³-hybridized carbons (Fsp3) is 0.667. The summed E-state index contributed by atoms with van der Waals surface area (Å²) in [6.45, 7) is 2.22. The van der Waals surface area contributed by atoms with Gasteiger partial charge in [0.05, 0.1) is 0 Å². The molecule has 1 nitrogen and oxygen atoms in total. The van der Waals surface area contributed by atoms with Crippen molar-refractivity contribution in [3.8, 4) is 0 Å². The summed E-state index contributed by atoms with van der Waals surface area (Å²) in [6, 6.07) is 0. The van der Waals surface area contributed by atoms with Crippen molar-refractivity contribution in [3.63, 3.8) is 0 Å². The molecule has 0 atom stereocenters. The number of nitrogens with one attached hydrogen (secondary N) is 1. The molecule has 0 unspecified atom stereocenters. The van der Waals surface area contributed by atoms with E-state index in [9.17, 15) is 0 Å². The highest BCUT2D eigenvalue weighted by Gasteiger charge is 1.98. The zero-order chi connectivity index (χ0) is 5.82. The van der Waals surface area contributed by atoms with E-state index in [1.165, 1.54) is 12.0 Å². The normalized spacial score (nSPS) is 20.4. The summed E-state index contributed by atoms with van der Waals surface area (Å²) in [5.74, 6) is 0. The molecule has 0 aromatic heterocycles. The second kappa shape index (κ2) is 3.25. The minimum Gasteiger partial charge on any atom is -0.313 e. The largest absolute Gasteiger partial charge is 0.313 e. The maximum Gasteiger partial charge on any atom is 0.0254 e. The van der Waals surface area contributed by atoms with Gasteiger partial charge in [0.25, 0.3) is 0 Å². The molecule has 1 heterocycles. The van der Waals surface area contributed by atoms with Crippen LogP contribution in [0, 0.1) is 0 Å². The second-order valence-corrected chi connectivity index (χ2v) is 2.52. The fourth-order valence-corrected chi connectivity index (χ4v) is 1.23. The molecule has 1 N–H and O–H groups in total. The van der Waals surface area contributed by atoms with Gasteiger partial charge in [-0.05, 0) is 18.5 Å². The molecule has 0 aliphatic carbocycles. The van der Waals surface area contributed by atoms with Crippen molar-refractivity contribution in [2.24, 2.45) is 0 Å². The maximum atomic E-state index is 3.40. The Hall–Kier alpha value is 0.180. The van der Waals surface area contributed by atoms with Gasteiger partial charge in [-0.25, -0.2) is 0 Å². The number of alkyl halides is 1. The molecule has 0 saturated carbocycles. The minimum atomic E-state index is 1.03. The Kier molecular flexibility index (Phi) is 2.56. The molecule has 46 valence electrons. The molecule has 0 amide bonds. The third kappa shape index (κ3) is 1.60. The van der Waals surface area contributed by atoms with Crippen LogP contribution in [-0.4, -0.2) is 18.4 Å². The van der Waals surface area contributed by atoms with Gasteiger partial charge < -0.3 is 5.32 Å². The van der Waals surface area contributed by atoms with Crippen LogP contribution in [0.4, 0.5) is 0 Å². The third-order valence-corrected chi connectivity index (χ3v) is 2.00. The van der Waals surface area contributed by atoms with Gasteiger partial charge in [-0.15, -0.1) is 0 Å². The second-order valence-electron chi connectivity index (χ2n) is 1.96. The molecule has 0 aromatic rings. The van der Waals surface area contributed by atoms with E-state index in [1.807, 2.05) is 0 Å². The predicted molar refractivity (Wildman–Crippen MR) is 39.4 cm³/mol. The van der Waals surface area contributed by atoms with E-state index in [4.69, 9.17) is 0 Å². The Bertz CT molecular complexity index is 98.7. The molecule has 1 rings (SSSR count). The lowest BCUT2D eigenvalue weighted by atomic mass is 10.2. The van der Waals surface area contributed by atoms with Crippen molar-refractivity contribution in [1.29, 1.82) is 0 Å². The summed E-state index contributed by atoms with van der Waals surface area (Å²) in [5, 5.41) is 4.32. The van der Waals surface area contributed by atoms with E-state index in [2.05, 4.69) is 27.3 Å². The van der Waals surface area contributed by atoms with Crippen molar-refractivity contribution in [2.75, 3.05) is 18.4 Å². The minimum absolute atomic E-state index is 1.03. The molecule has 0 saturated heterocycles. The Balaban J connectivity index is 2.37. The first-order chi connectivity index (χ1) is 3.93. The smallest absolute Gasteiger partial charge is 0.0254 e. The van der Waals surface area contributed by atoms with E-state index in [1.54, 1.807) is 0 Å². The van der Waals surface area contributed by atoms with Gasteiger partial charge in [-0.2, -0.15) is 0 Å². The highest BCUT2D eigenvalue weighted by Crippen LogP contribution is 2.02. The van der Waals surface area contributed by atoms with Gasteiger partial charge in [0.2, 0.25) is 0 Å². The summed E-state index contributed by atoms with van der Waals surface area (Å²) < 4.78 is 0. The molecular formula is C6H10BrN. The number of rotatable bonds is 1. The molecule has 2 heteroatoms. The Morgan fingerprint density at radius 2 is 2.62 bits per heavy atom. The average molecular weight is 176 g/mol. The zero-order valence-electron chi connectivity index (χ0n) is 4.78. The van der Waals surface area contributed by atoms with Gasteiger partial charge in [-0.3, -0.25) is 0 Å². The SMILES string of the molecule is BrCC1=CCCNC1. The summed E-state index contributed by atoms with van der Waals surface area (Å²) in [7, 11) is 0. The average Bonchev–Trinajstić information content (AvgIpc) is 1.90. The summed E-state index contributed by atoms with van der Waals surface area (Å²) >= 11 is 3.40. The van der Waals surface area contributed by atoms with Crippen LogP contribution >= 0.6 is 15.9 Å². The van der Waals surface area contributed by atoms with Crippen molar-refractivity contribution in [3.05, 3.63) is 11.6 Å². The highest BCUT2D eigenvalue weighted by molar-refractivity contribution is 9.09. The number of halogens is 1. The monoisotopic (exact) mass is 175 g/mol. The van der Waals surface area contributed by atoms with Crippen LogP contribution in [0.15, 0.2) is 11.6 Å². The molecule has 0 fully saturated rings. The van der Waals surface area contributed by atoms with Gasteiger partial charge in [0, 0.05) is 11.9 Å². The topological polar surface area (TPSA) is 12.0 Å². The first kappa shape index (κ1) is 6.30. The Morgan fingerprint density at radius 1 is 1.75 bits per heavy atom. The summed E-state index contributed by atoms with van der Waals surface area (Å²) in [5.41, 5.74) is 1.48. The highest BCUT2D eigenvalue weighted by atomic mass is 79.9. The lowest BCUT2D eigenvalue weighted by Crippen LogP contribution is -2.22. The van der Waals surface area contributed by atoms with E-state index >= 15 is 0 Å². The van der Waals surface area contributed by atoms with Crippen molar-refractivity contribution in [2.45, 2.75) is 6.42 Å². The Morgan fingerprint density at radius 3 is 3.00 bits per heavy atom. The van der Waals surface area contributed by atoms with Gasteiger partial charge in [-0.1, -0.05) is 22.0 Å². The van der Waals surface area contributed by atoms with Gasteiger partial charge in [0.1, 0.15) is 0 Å². The quantitative estimate of drug-likeness (QED) is 0.469. The first-order valence-electron chi connectivity index (χ1n) is 2.88. The van der Waals surface area contributed by atoms with E-state index in [0.717, 1.165) is 18.4 Å². The summed E-state index contributed by atoms with van der Waals surface area (Å²) in [6.07, 6.45) is 3.49. The Labute approximate surface area is 58.3 Å². The van der Waals surface area contributed by atoms with Crippen LogP contribution in [0.3, 0.4) is 0 Å². The van der Waals surface area contributed by atoms with Crippen LogP contribution in [0.25, 0.3) is 0 Å². The molecule has 8 heavy (non-hydrogen) atoms. The van der Waals surface area contributed by atoms with Crippen molar-refractivity contribution >= 4 is 15.9 Å². The van der Waals surface area contributed by atoms with Crippen LogP contribution < -0.4 is 5.32 Å². The van der Waals surface area contributed by atoms with Crippen molar-refractivity contribution < 1.29 is 0 Å². The van der Waals surface area contributed by atoms with Gasteiger partial charge >= 0.3 is 0 Å². The number of hydrogen-bond acceptors (Lipinski definition) is 1. The molecule has 1 aliphatic rings. The van der Waals surface area contributed by atoms with Crippen LogP contribution in [0.5, 0.6) is 0 Å². The molecular weight excluding hydrogens is 166 g/mol. The number of hydrogen-bond donors (Lipinski definition) is 1. The van der Waals surface area contributed by atoms with E-state index in [0.29, 0.717) is 0 Å². The van der Waals surface area contributed by atoms with E-state index in [-0.39, 0.29) is 0 Å². The third-order valence-electron chi connectivity index (χ3n) is 1.28. The van der Waals surface area contributed by atoms with Crippen LogP contribution in [0.2, 0.25) is 0 Å².